The summed E-state index contributed by atoms with van der Waals surface area (Å²) >= 11 is 0. The fraction of sp³-hybridized carbons (Fsp3) is 1.00. The zero-order valence-corrected chi connectivity index (χ0v) is 6.72. The van der Waals surface area contributed by atoms with Gasteiger partial charge in [-0.2, -0.15) is 0 Å². The van der Waals surface area contributed by atoms with E-state index in [4.69, 9.17) is 10.5 Å². The Morgan fingerprint density at radius 3 is 1.67 bits per heavy atom. The first-order valence-corrected chi connectivity index (χ1v) is 3.38. The Morgan fingerprint density at radius 2 is 1.67 bits per heavy atom. The first-order chi connectivity index (χ1) is 4.09. The molecule has 2 heteroatoms. The van der Waals surface area contributed by atoms with Gasteiger partial charge in [0, 0.05) is 13.2 Å². The summed E-state index contributed by atoms with van der Waals surface area (Å²) in [5.41, 5.74) is 5.62. The molecule has 9 heavy (non-hydrogen) atoms. The van der Waals surface area contributed by atoms with E-state index in [0.29, 0.717) is 5.92 Å². The van der Waals surface area contributed by atoms with Crippen molar-refractivity contribution in [2.45, 2.75) is 32.9 Å². The topological polar surface area (TPSA) is 35.2 Å². The normalized spacial score (nSPS) is 18.0. The van der Waals surface area contributed by atoms with Crippen molar-refractivity contribution in [1.29, 1.82) is 0 Å². The van der Waals surface area contributed by atoms with Crippen molar-refractivity contribution < 1.29 is 4.74 Å². The Morgan fingerprint density at radius 1 is 1.22 bits per heavy atom. The number of ether oxygens (including phenoxy) is 1. The van der Waals surface area contributed by atoms with Gasteiger partial charge < -0.3 is 10.5 Å². The standard InChI is InChI=1S/C7H17NO/c1-5(2)7(9-4)6(3)8/h5-7H,8H2,1-4H3/t6-,7?/m1/s1. The first-order valence-electron chi connectivity index (χ1n) is 3.38. The largest absolute Gasteiger partial charge is 0.380 e. The molecule has 0 saturated carbocycles. The molecule has 0 bridgehead atoms. The minimum Gasteiger partial charge on any atom is -0.380 e. The number of hydrogen-bond acceptors (Lipinski definition) is 2. The molecule has 0 spiro atoms. The number of methoxy groups -OCH3 is 1. The van der Waals surface area contributed by atoms with Gasteiger partial charge in [-0.1, -0.05) is 13.8 Å². The average Bonchev–Trinajstić information content (AvgIpc) is 1.64. The molecular formula is C7H17NO. The summed E-state index contributed by atoms with van der Waals surface area (Å²) in [7, 11) is 1.70. The van der Waals surface area contributed by atoms with Gasteiger partial charge in [0.25, 0.3) is 0 Å². The molecule has 56 valence electrons. The van der Waals surface area contributed by atoms with E-state index in [1.54, 1.807) is 7.11 Å². The maximum absolute atomic E-state index is 5.62. The zero-order valence-electron chi connectivity index (χ0n) is 6.72. The average molecular weight is 131 g/mol. The minimum atomic E-state index is 0.134. The summed E-state index contributed by atoms with van der Waals surface area (Å²) in [4.78, 5) is 0. The van der Waals surface area contributed by atoms with Crippen LogP contribution >= 0.6 is 0 Å². The van der Waals surface area contributed by atoms with Crippen LogP contribution in [0.25, 0.3) is 0 Å². The van der Waals surface area contributed by atoms with Crippen LogP contribution in [0.4, 0.5) is 0 Å². The quantitative estimate of drug-likeness (QED) is 0.620. The maximum atomic E-state index is 5.62. The molecule has 0 aliphatic heterocycles. The van der Waals surface area contributed by atoms with Crippen molar-refractivity contribution in [2.75, 3.05) is 7.11 Å². The molecule has 2 nitrogen and oxygen atoms in total. The van der Waals surface area contributed by atoms with E-state index in [-0.39, 0.29) is 12.1 Å². The molecule has 2 N–H and O–H groups in total. The van der Waals surface area contributed by atoms with Gasteiger partial charge in [0.2, 0.25) is 0 Å². The summed E-state index contributed by atoms with van der Waals surface area (Å²) in [6, 6.07) is 0.134. The van der Waals surface area contributed by atoms with Crippen molar-refractivity contribution >= 4 is 0 Å². The molecule has 0 saturated heterocycles. The van der Waals surface area contributed by atoms with Gasteiger partial charge in [0.1, 0.15) is 0 Å². The Balaban J connectivity index is 3.68. The summed E-state index contributed by atoms with van der Waals surface area (Å²) in [6.07, 6.45) is 0.199. The van der Waals surface area contributed by atoms with Gasteiger partial charge in [-0.05, 0) is 12.8 Å². The highest BCUT2D eigenvalue weighted by Crippen LogP contribution is 2.07. The van der Waals surface area contributed by atoms with E-state index in [1.165, 1.54) is 0 Å². The molecule has 0 amide bonds. The highest BCUT2D eigenvalue weighted by Gasteiger charge is 2.15. The van der Waals surface area contributed by atoms with Crippen LogP contribution < -0.4 is 5.73 Å². The Kier molecular flexibility index (Phi) is 3.82. The second-order valence-corrected chi connectivity index (χ2v) is 2.80. The molecule has 0 fully saturated rings. The van der Waals surface area contributed by atoms with Crippen LogP contribution in [-0.4, -0.2) is 19.3 Å². The molecule has 0 aromatic carbocycles. The molecule has 1 unspecified atom stereocenters. The van der Waals surface area contributed by atoms with Crippen LogP contribution in [-0.2, 0) is 4.74 Å². The summed E-state index contributed by atoms with van der Waals surface area (Å²) in [5, 5.41) is 0. The van der Waals surface area contributed by atoms with E-state index in [1.807, 2.05) is 6.92 Å². The molecular weight excluding hydrogens is 114 g/mol. The molecule has 0 aromatic rings. The lowest BCUT2D eigenvalue weighted by molar-refractivity contribution is 0.0487. The minimum absolute atomic E-state index is 0.134. The summed E-state index contributed by atoms with van der Waals surface area (Å²) < 4.78 is 5.15. The third kappa shape index (κ3) is 2.82. The van der Waals surface area contributed by atoms with Crippen LogP contribution in [0.1, 0.15) is 20.8 Å². The van der Waals surface area contributed by atoms with E-state index in [2.05, 4.69) is 13.8 Å². The van der Waals surface area contributed by atoms with Crippen molar-refractivity contribution in [3.05, 3.63) is 0 Å². The molecule has 0 aromatic heterocycles. The van der Waals surface area contributed by atoms with Crippen molar-refractivity contribution in [3.63, 3.8) is 0 Å². The Bertz CT molecular complexity index is 63.3. The third-order valence-electron chi connectivity index (χ3n) is 1.45. The molecule has 0 aliphatic carbocycles. The lowest BCUT2D eigenvalue weighted by Crippen LogP contribution is -2.37. The van der Waals surface area contributed by atoms with Gasteiger partial charge in [-0.15, -0.1) is 0 Å². The third-order valence-corrected chi connectivity index (χ3v) is 1.45. The molecule has 0 heterocycles. The second-order valence-electron chi connectivity index (χ2n) is 2.80. The predicted molar refractivity (Wildman–Crippen MR) is 39.3 cm³/mol. The SMILES string of the molecule is COC(C(C)C)[C@@H](C)N. The molecule has 2 atom stereocenters. The van der Waals surface area contributed by atoms with E-state index in [0.717, 1.165) is 0 Å². The monoisotopic (exact) mass is 131 g/mol. The maximum Gasteiger partial charge on any atom is 0.0742 e. The lowest BCUT2D eigenvalue weighted by Gasteiger charge is -2.22. The summed E-state index contributed by atoms with van der Waals surface area (Å²) in [5.74, 6) is 0.509. The van der Waals surface area contributed by atoms with Gasteiger partial charge in [0.15, 0.2) is 0 Å². The zero-order chi connectivity index (χ0) is 7.44. The van der Waals surface area contributed by atoms with Gasteiger partial charge >= 0.3 is 0 Å². The van der Waals surface area contributed by atoms with Crippen molar-refractivity contribution in [2.24, 2.45) is 11.7 Å². The number of rotatable bonds is 3. The lowest BCUT2D eigenvalue weighted by atomic mass is 10.0. The predicted octanol–water partition coefficient (Wildman–Crippen LogP) is 1.00. The van der Waals surface area contributed by atoms with Crippen molar-refractivity contribution in [3.8, 4) is 0 Å². The first kappa shape index (κ1) is 8.92. The second kappa shape index (κ2) is 3.85. The fourth-order valence-corrected chi connectivity index (χ4v) is 1.09. The number of hydrogen-bond donors (Lipinski definition) is 1. The van der Waals surface area contributed by atoms with Crippen LogP contribution in [0, 0.1) is 5.92 Å². The molecule has 0 aliphatic rings. The smallest absolute Gasteiger partial charge is 0.0742 e. The van der Waals surface area contributed by atoms with Crippen LogP contribution in [0.2, 0.25) is 0 Å². The van der Waals surface area contributed by atoms with Gasteiger partial charge in [0.05, 0.1) is 6.10 Å². The van der Waals surface area contributed by atoms with Crippen LogP contribution in [0.5, 0.6) is 0 Å². The Labute approximate surface area is 57.4 Å². The van der Waals surface area contributed by atoms with E-state index in [9.17, 15) is 0 Å². The fourth-order valence-electron chi connectivity index (χ4n) is 1.09. The van der Waals surface area contributed by atoms with Gasteiger partial charge in [-0.3, -0.25) is 0 Å². The highest BCUT2D eigenvalue weighted by molar-refractivity contribution is 4.70. The van der Waals surface area contributed by atoms with Crippen molar-refractivity contribution in [1.82, 2.24) is 0 Å². The highest BCUT2D eigenvalue weighted by atomic mass is 16.5. The van der Waals surface area contributed by atoms with E-state index >= 15 is 0 Å². The van der Waals surface area contributed by atoms with Gasteiger partial charge in [-0.25, -0.2) is 0 Å². The Hall–Kier alpha value is -0.0800. The summed E-state index contributed by atoms with van der Waals surface area (Å²) in [6.45, 7) is 6.18. The van der Waals surface area contributed by atoms with E-state index < -0.39 is 0 Å². The van der Waals surface area contributed by atoms with Crippen LogP contribution in [0.15, 0.2) is 0 Å². The molecule has 0 rings (SSSR count). The van der Waals surface area contributed by atoms with Crippen LogP contribution in [0.3, 0.4) is 0 Å². The number of nitrogens with two attached hydrogens (primary N) is 1. The molecule has 0 radical (unpaired) electrons.